The normalized spacial score (nSPS) is 52.0. The van der Waals surface area contributed by atoms with Gasteiger partial charge in [0.1, 0.15) is 73.2 Å². The molecule has 0 aliphatic carbocycles. The van der Waals surface area contributed by atoms with E-state index in [0.717, 1.165) is 0 Å². The van der Waals surface area contributed by atoms with Gasteiger partial charge in [-0.25, -0.2) is 0 Å². The molecule has 4 heterocycles. The van der Waals surface area contributed by atoms with Crippen molar-refractivity contribution in [2.75, 3.05) is 33.5 Å². The standard InChI is InChI=1S/C28H50O18/c1-9-16(30)13(6-41-28-24(38)23(37)20(34)12(5-29)44-28)45-27(18(9)32)42-8-15-25(39-4)17(31)10(2)26(46-15)40-7-14-21(35)22(36)19(33)11(3)43-14/h9-38H,5-8H2,1-4H3/t9-,10+,11-,12+,13+,14+,15+,16-,17+,18+,19-,20+,21+,22+,23-,24+,25+,26+,27+,28+/m0/s1. The van der Waals surface area contributed by atoms with Crippen LogP contribution in [-0.4, -0.2) is 195 Å². The quantitative estimate of drug-likeness (QED) is 0.0979. The second-order valence-corrected chi connectivity index (χ2v) is 12.5. The van der Waals surface area contributed by atoms with Crippen LogP contribution in [0.15, 0.2) is 0 Å². The minimum Gasteiger partial charge on any atom is -0.394 e. The maximum Gasteiger partial charge on any atom is 0.186 e. The number of hydrogen-bond donors (Lipinski definition) is 10. The van der Waals surface area contributed by atoms with Gasteiger partial charge in [0.2, 0.25) is 0 Å². The zero-order valence-electron chi connectivity index (χ0n) is 26.1. The van der Waals surface area contributed by atoms with Crippen molar-refractivity contribution in [3.8, 4) is 0 Å². The Morgan fingerprint density at radius 1 is 0.457 bits per heavy atom. The second kappa shape index (κ2) is 16.3. The molecule has 0 aromatic rings. The van der Waals surface area contributed by atoms with Crippen molar-refractivity contribution in [3.05, 3.63) is 0 Å². The summed E-state index contributed by atoms with van der Waals surface area (Å²) in [4.78, 5) is 0. The van der Waals surface area contributed by atoms with E-state index < -0.39 is 135 Å². The van der Waals surface area contributed by atoms with Gasteiger partial charge in [-0.3, -0.25) is 0 Å². The Balaban J connectivity index is 1.36. The van der Waals surface area contributed by atoms with Crippen LogP contribution in [0, 0.1) is 11.8 Å². The third-order valence-electron chi connectivity index (χ3n) is 9.37. The van der Waals surface area contributed by atoms with Crippen molar-refractivity contribution in [1.29, 1.82) is 0 Å². The fraction of sp³-hybridized carbons (Fsp3) is 1.00. The third kappa shape index (κ3) is 8.01. The smallest absolute Gasteiger partial charge is 0.186 e. The number of ether oxygens (including phenoxy) is 8. The highest BCUT2D eigenvalue weighted by molar-refractivity contribution is 4.93. The van der Waals surface area contributed by atoms with Crippen molar-refractivity contribution in [1.82, 2.24) is 0 Å². The summed E-state index contributed by atoms with van der Waals surface area (Å²) in [7, 11) is 1.37. The zero-order chi connectivity index (χ0) is 34.0. The zero-order valence-corrected chi connectivity index (χ0v) is 26.1. The van der Waals surface area contributed by atoms with Crippen molar-refractivity contribution in [2.45, 2.75) is 131 Å². The maximum atomic E-state index is 11.0. The van der Waals surface area contributed by atoms with E-state index in [1.54, 1.807) is 20.8 Å². The predicted octanol–water partition coefficient (Wildman–Crippen LogP) is -5.47. The molecule has 4 aliphatic heterocycles. The SMILES string of the molecule is CO[C@H]1[C@H](O)[C@@H](C)[C@H](OC[C@H]2O[C@@H](C)[C@H](O)[C@@H](O)[C@@H]2O)O[C@@H]1CO[C@@H]1O[C@H](CO[C@@H]2O[C@H](CO)[C@@H](O)[C@H](O)[C@H]2O)[C@@H](O)[C@H](C)[C@H]1O. The largest absolute Gasteiger partial charge is 0.394 e. The number of rotatable bonds is 11. The molecular formula is C28H50O18. The lowest BCUT2D eigenvalue weighted by atomic mass is 9.90. The van der Waals surface area contributed by atoms with E-state index in [4.69, 9.17) is 37.9 Å². The van der Waals surface area contributed by atoms with Gasteiger partial charge in [-0.05, 0) is 6.92 Å². The molecule has 20 atom stereocenters. The van der Waals surface area contributed by atoms with Crippen LogP contribution in [0.1, 0.15) is 20.8 Å². The molecule has 0 saturated carbocycles. The highest BCUT2D eigenvalue weighted by Crippen LogP contribution is 2.32. The maximum absolute atomic E-state index is 11.0. The molecule has 270 valence electrons. The van der Waals surface area contributed by atoms with Crippen molar-refractivity contribution in [3.63, 3.8) is 0 Å². The van der Waals surface area contributed by atoms with Crippen molar-refractivity contribution >= 4 is 0 Å². The van der Waals surface area contributed by atoms with E-state index in [1.165, 1.54) is 7.11 Å². The van der Waals surface area contributed by atoms with Crippen molar-refractivity contribution < 1.29 is 89.0 Å². The lowest BCUT2D eigenvalue weighted by molar-refractivity contribution is -0.337. The molecule has 0 aromatic heterocycles. The van der Waals surface area contributed by atoms with Crippen LogP contribution in [-0.2, 0) is 37.9 Å². The van der Waals surface area contributed by atoms with E-state index in [-0.39, 0.29) is 13.2 Å². The summed E-state index contributed by atoms with van der Waals surface area (Å²) in [5.74, 6) is -1.40. The van der Waals surface area contributed by atoms with E-state index >= 15 is 0 Å². The minimum absolute atomic E-state index is 0.238. The molecule has 0 amide bonds. The number of aliphatic hydroxyl groups is 10. The average Bonchev–Trinajstić information content (AvgIpc) is 3.04. The summed E-state index contributed by atoms with van der Waals surface area (Å²) in [5.41, 5.74) is 0. The fourth-order valence-electron chi connectivity index (χ4n) is 6.12. The summed E-state index contributed by atoms with van der Waals surface area (Å²) in [6, 6.07) is 0. The van der Waals surface area contributed by atoms with E-state index in [2.05, 4.69) is 0 Å². The summed E-state index contributed by atoms with van der Waals surface area (Å²) in [5, 5.41) is 103. The Morgan fingerprint density at radius 3 is 1.54 bits per heavy atom. The van der Waals surface area contributed by atoms with Gasteiger partial charge in [-0.2, -0.15) is 0 Å². The summed E-state index contributed by atoms with van der Waals surface area (Å²) >= 11 is 0. The molecule has 0 unspecified atom stereocenters. The van der Waals surface area contributed by atoms with Gasteiger partial charge in [0.15, 0.2) is 18.9 Å². The molecule has 4 aliphatic rings. The fourth-order valence-corrected chi connectivity index (χ4v) is 6.12. The highest BCUT2D eigenvalue weighted by atomic mass is 16.7. The number of methoxy groups -OCH3 is 1. The van der Waals surface area contributed by atoms with Gasteiger partial charge in [0.05, 0.1) is 44.7 Å². The Morgan fingerprint density at radius 2 is 0.935 bits per heavy atom. The summed E-state index contributed by atoms with van der Waals surface area (Å²) in [6.07, 6.45) is -22.5. The third-order valence-corrected chi connectivity index (χ3v) is 9.37. The Hall–Kier alpha value is -0.720. The first-order valence-electron chi connectivity index (χ1n) is 15.4. The van der Waals surface area contributed by atoms with E-state index in [0.29, 0.717) is 0 Å². The Kier molecular flexibility index (Phi) is 13.5. The molecule has 10 N–H and O–H groups in total. The lowest BCUT2D eigenvalue weighted by Gasteiger charge is -2.45. The van der Waals surface area contributed by atoms with Crippen LogP contribution >= 0.6 is 0 Å². The van der Waals surface area contributed by atoms with Crippen LogP contribution in [0.5, 0.6) is 0 Å². The van der Waals surface area contributed by atoms with Gasteiger partial charge in [-0.15, -0.1) is 0 Å². The van der Waals surface area contributed by atoms with Crippen LogP contribution in [0.2, 0.25) is 0 Å². The predicted molar refractivity (Wildman–Crippen MR) is 148 cm³/mol. The molecule has 0 spiro atoms. The molecule has 0 bridgehead atoms. The number of aliphatic hydroxyl groups excluding tert-OH is 10. The van der Waals surface area contributed by atoms with Crippen LogP contribution in [0.4, 0.5) is 0 Å². The molecule has 0 aromatic carbocycles. The van der Waals surface area contributed by atoms with Crippen LogP contribution in [0.25, 0.3) is 0 Å². The lowest BCUT2D eigenvalue weighted by Crippen LogP contribution is -2.61. The Bertz CT molecular complexity index is 931. The van der Waals surface area contributed by atoms with E-state index in [9.17, 15) is 51.1 Å². The first-order valence-corrected chi connectivity index (χ1v) is 15.4. The topological polar surface area (TPSA) is 276 Å². The first kappa shape index (κ1) is 38.1. The van der Waals surface area contributed by atoms with E-state index in [1.807, 2.05) is 0 Å². The highest BCUT2D eigenvalue weighted by Gasteiger charge is 2.49. The molecule has 4 rings (SSSR count). The van der Waals surface area contributed by atoms with Crippen LogP contribution < -0.4 is 0 Å². The molecule has 4 saturated heterocycles. The molecule has 18 heteroatoms. The van der Waals surface area contributed by atoms with Gasteiger partial charge < -0.3 is 89.0 Å². The van der Waals surface area contributed by atoms with Gasteiger partial charge in [0, 0.05) is 18.9 Å². The van der Waals surface area contributed by atoms with Crippen molar-refractivity contribution in [2.24, 2.45) is 11.8 Å². The number of hydrogen-bond acceptors (Lipinski definition) is 18. The average molecular weight is 675 g/mol. The molecular weight excluding hydrogens is 624 g/mol. The second-order valence-electron chi connectivity index (χ2n) is 12.5. The monoisotopic (exact) mass is 674 g/mol. The summed E-state index contributed by atoms with van der Waals surface area (Å²) < 4.78 is 45.4. The first-order chi connectivity index (χ1) is 21.7. The molecule has 46 heavy (non-hydrogen) atoms. The molecule has 4 fully saturated rings. The van der Waals surface area contributed by atoms with Crippen LogP contribution in [0.3, 0.4) is 0 Å². The van der Waals surface area contributed by atoms with Gasteiger partial charge >= 0.3 is 0 Å². The molecule has 0 radical (unpaired) electrons. The van der Waals surface area contributed by atoms with Gasteiger partial charge in [-0.1, -0.05) is 13.8 Å². The minimum atomic E-state index is -1.67. The summed E-state index contributed by atoms with van der Waals surface area (Å²) in [6.45, 7) is 3.19. The Labute approximate surface area is 265 Å². The van der Waals surface area contributed by atoms with Gasteiger partial charge in [0.25, 0.3) is 0 Å². The molecule has 18 nitrogen and oxygen atoms in total.